The molecule has 3 heteroatoms. The van der Waals surface area contributed by atoms with Crippen molar-refractivity contribution in [2.45, 2.75) is 19.9 Å². The zero-order valence-electron chi connectivity index (χ0n) is 10.6. The third-order valence-corrected chi connectivity index (χ3v) is 3.42. The van der Waals surface area contributed by atoms with Crippen LogP contribution in [0.3, 0.4) is 0 Å². The van der Waals surface area contributed by atoms with Crippen molar-refractivity contribution < 1.29 is 4.74 Å². The zero-order chi connectivity index (χ0) is 12.1. The fourth-order valence-electron chi connectivity index (χ4n) is 2.30. The molecule has 0 saturated carbocycles. The van der Waals surface area contributed by atoms with Crippen LogP contribution in [0.15, 0.2) is 24.3 Å². The molecule has 1 aliphatic rings. The van der Waals surface area contributed by atoms with Gasteiger partial charge >= 0.3 is 0 Å². The average molecular weight is 234 g/mol. The average Bonchev–Trinajstić information content (AvgIpc) is 2.89. The molecule has 0 aliphatic carbocycles. The highest BCUT2D eigenvalue weighted by atomic mass is 16.5. The monoisotopic (exact) mass is 234 g/mol. The topological polar surface area (TPSA) is 38.5 Å². The molecule has 2 N–H and O–H groups in total. The molecule has 1 aromatic carbocycles. The molecule has 0 bridgehead atoms. The van der Waals surface area contributed by atoms with E-state index in [9.17, 15) is 0 Å². The van der Waals surface area contributed by atoms with Crippen LogP contribution >= 0.6 is 0 Å². The Hall–Kier alpha value is -1.06. The van der Waals surface area contributed by atoms with E-state index < -0.39 is 0 Å². The van der Waals surface area contributed by atoms with Gasteiger partial charge in [0.2, 0.25) is 0 Å². The highest BCUT2D eigenvalue weighted by Crippen LogP contribution is 2.20. The predicted molar refractivity (Wildman–Crippen MR) is 71.1 cm³/mol. The maximum Gasteiger partial charge on any atom is 0.0512 e. The smallest absolute Gasteiger partial charge is 0.0512 e. The lowest BCUT2D eigenvalue weighted by Crippen LogP contribution is -2.29. The van der Waals surface area contributed by atoms with Crippen molar-refractivity contribution in [3.05, 3.63) is 29.8 Å². The molecule has 2 rings (SSSR count). The van der Waals surface area contributed by atoms with E-state index in [-0.39, 0.29) is 0 Å². The Morgan fingerprint density at radius 2 is 2.12 bits per heavy atom. The molecule has 1 saturated heterocycles. The summed E-state index contributed by atoms with van der Waals surface area (Å²) in [6.07, 6.45) is 1.19. The van der Waals surface area contributed by atoms with Crippen LogP contribution in [0, 0.1) is 5.92 Å². The SMILES string of the molecule is CCN(CC1CCOC1)c1ccc(CN)cc1. The van der Waals surface area contributed by atoms with Crippen LogP contribution < -0.4 is 10.6 Å². The van der Waals surface area contributed by atoms with Gasteiger partial charge in [0, 0.05) is 37.8 Å². The fraction of sp³-hybridized carbons (Fsp3) is 0.571. The van der Waals surface area contributed by atoms with Crippen LogP contribution in [-0.2, 0) is 11.3 Å². The number of hydrogen-bond donors (Lipinski definition) is 1. The summed E-state index contributed by atoms with van der Waals surface area (Å²) in [6, 6.07) is 8.56. The Labute approximate surface area is 104 Å². The van der Waals surface area contributed by atoms with Gasteiger partial charge in [-0.05, 0) is 31.0 Å². The van der Waals surface area contributed by atoms with Gasteiger partial charge in [0.25, 0.3) is 0 Å². The number of anilines is 1. The number of nitrogens with two attached hydrogens (primary N) is 1. The van der Waals surface area contributed by atoms with Gasteiger partial charge in [-0.25, -0.2) is 0 Å². The molecular formula is C14H22N2O. The zero-order valence-corrected chi connectivity index (χ0v) is 10.6. The molecule has 1 aliphatic heterocycles. The van der Waals surface area contributed by atoms with Gasteiger partial charge in [-0.2, -0.15) is 0 Å². The van der Waals surface area contributed by atoms with Crippen molar-refractivity contribution in [3.8, 4) is 0 Å². The van der Waals surface area contributed by atoms with E-state index in [1.807, 2.05) is 0 Å². The van der Waals surface area contributed by atoms with Crippen LogP contribution in [0.1, 0.15) is 18.9 Å². The summed E-state index contributed by atoms with van der Waals surface area (Å²) in [4.78, 5) is 2.42. The van der Waals surface area contributed by atoms with E-state index in [1.165, 1.54) is 17.7 Å². The van der Waals surface area contributed by atoms with Gasteiger partial charge in [-0.15, -0.1) is 0 Å². The molecular weight excluding hydrogens is 212 g/mol. The van der Waals surface area contributed by atoms with Gasteiger partial charge < -0.3 is 15.4 Å². The Balaban J connectivity index is 2.00. The van der Waals surface area contributed by atoms with Crippen molar-refractivity contribution in [1.29, 1.82) is 0 Å². The van der Waals surface area contributed by atoms with Crippen LogP contribution in [0.2, 0.25) is 0 Å². The van der Waals surface area contributed by atoms with Crippen molar-refractivity contribution in [2.75, 3.05) is 31.2 Å². The molecule has 0 spiro atoms. The molecule has 1 fully saturated rings. The van der Waals surface area contributed by atoms with E-state index in [2.05, 4.69) is 36.1 Å². The molecule has 0 amide bonds. The highest BCUT2D eigenvalue weighted by Gasteiger charge is 2.18. The summed E-state index contributed by atoms with van der Waals surface area (Å²) < 4.78 is 5.43. The number of ether oxygens (including phenoxy) is 1. The summed E-state index contributed by atoms with van der Waals surface area (Å²) in [7, 11) is 0. The minimum atomic E-state index is 0.614. The number of rotatable bonds is 5. The minimum Gasteiger partial charge on any atom is -0.381 e. The second-order valence-corrected chi connectivity index (χ2v) is 4.64. The van der Waals surface area contributed by atoms with Gasteiger partial charge in [-0.1, -0.05) is 12.1 Å². The van der Waals surface area contributed by atoms with Crippen LogP contribution in [0.25, 0.3) is 0 Å². The lowest BCUT2D eigenvalue weighted by molar-refractivity contribution is 0.186. The molecule has 0 aromatic heterocycles. The number of hydrogen-bond acceptors (Lipinski definition) is 3. The van der Waals surface area contributed by atoms with Gasteiger partial charge in [0.15, 0.2) is 0 Å². The molecule has 94 valence electrons. The quantitative estimate of drug-likeness (QED) is 0.847. The summed E-state index contributed by atoms with van der Waals surface area (Å²) >= 11 is 0. The molecule has 1 heterocycles. The first-order chi connectivity index (χ1) is 8.33. The fourth-order valence-corrected chi connectivity index (χ4v) is 2.30. The maximum absolute atomic E-state index is 5.61. The molecule has 1 aromatic rings. The molecule has 1 unspecified atom stereocenters. The third kappa shape index (κ3) is 3.20. The second kappa shape index (κ2) is 6.03. The Kier molecular flexibility index (Phi) is 4.40. The van der Waals surface area contributed by atoms with E-state index in [0.29, 0.717) is 12.5 Å². The largest absolute Gasteiger partial charge is 0.381 e. The van der Waals surface area contributed by atoms with E-state index in [4.69, 9.17) is 10.5 Å². The van der Waals surface area contributed by atoms with Crippen molar-refractivity contribution in [3.63, 3.8) is 0 Å². The standard InChI is InChI=1S/C14H22N2O/c1-2-16(10-13-7-8-17-11-13)14-5-3-12(9-15)4-6-14/h3-6,13H,2,7-11,15H2,1H3. The first-order valence-electron chi connectivity index (χ1n) is 6.45. The van der Waals surface area contributed by atoms with Crippen LogP contribution in [0.5, 0.6) is 0 Å². The van der Waals surface area contributed by atoms with Gasteiger partial charge in [0.05, 0.1) is 6.61 Å². The maximum atomic E-state index is 5.61. The molecule has 17 heavy (non-hydrogen) atoms. The summed E-state index contributed by atoms with van der Waals surface area (Å²) in [5.41, 5.74) is 8.09. The van der Waals surface area contributed by atoms with E-state index >= 15 is 0 Å². The highest BCUT2D eigenvalue weighted by molar-refractivity contribution is 5.47. The Morgan fingerprint density at radius 1 is 1.35 bits per heavy atom. The van der Waals surface area contributed by atoms with E-state index in [1.54, 1.807) is 0 Å². The first-order valence-corrected chi connectivity index (χ1v) is 6.45. The predicted octanol–water partition coefficient (Wildman–Crippen LogP) is 2.01. The van der Waals surface area contributed by atoms with Crippen LogP contribution in [0.4, 0.5) is 5.69 Å². The first kappa shape index (κ1) is 12.4. The van der Waals surface area contributed by atoms with Gasteiger partial charge in [-0.3, -0.25) is 0 Å². The third-order valence-electron chi connectivity index (χ3n) is 3.42. The van der Waals surface area contributed by atoms with Gasteiger partial charge in [0.1, 0.15) is 0 Å². The summed E-state index contributed by atoms with van der Waals surface area (Å²) in [6.45, 7) is 6.79. The second-order valence-electron chi connectivity index (χ2n) is 4.64. The Morgan fingerprint density at radius 3 is 2.65 bits per heavy atom. The van der Waals surface area contributed by atoms with Crippen molar-refractivity contribution >= 4 is 5.69 Å². The summed E-state index contributed by atoms with van der Waals surface area (Å²) in [5, 5.41) is 0. The van der Waals surface area contributed by atoms with Crippen molar-refractivity contribution in [1.82, 2.24) is 0 Å². The lowest BCUT2D eigenvalue weighted by Gasteiger charge is -2.26. The molecule has 1 atom stereocenters. The number of nitrogens with zero attached hydrogens (tertiary/aromatic N) is 1. The Bertz CT molecular complexity index is 331. The molecule has 3 nitrogen and oxygen atoms in total. The van der Waals surface area contributed by atoms with Crippen molar-refractivity contribution in [2.24, 2.45) is 11.7 Å². The minimum absolute atomic E-state index is 0.614. The lowest BCUT2D eigenvalue weighted by atomic mass is 10.1. The number of benzene rings is 1. The van der Waals surface area contributed by atoms with Crippen LogP contribution in [-0.4, -0.2) is 26.3 Å². The molecule has 0 radical (unpaired) electrons. The van der Waals surface area contributed by atoms with E-state index in [0.717, 1.165) is 26.3 Å². The summed E-state index contributed by atoms with van der Waals surface area (Å²) in [5.74, 6) is 0.684. The normalized spacial score (nSPS) is 19.5.